The summed E-state index contributed by atoms with van der Waals surface area (Å²) in [6, 6.07) is 1.32. The molecule has 1 aliphatic heterocycles. The lowest BCUT2D eigenvalue weighted by Gasteiger charge is -2.42. The SMILES string of the molecule is CC(C)C.CC(C)N.CC1CC2CCC23C(C1)N3C. The topological polar surface area (TPSA) is 29.0 Å². The Kier molecular flexibility index (Phi) is 5.88. The van der Waals surface area contributed by atoms with Crippen molar-refractivity contribution in [1.82, 2.24) is 4.90 Å². The van der Waals surface area contributed by atoms with Crippen LogP contribution >= 0.6 is 0 Å². The zero-order valence-corrected chi connectivity index (χ0v) is 14.2. The molecule has 1 heterocycles. The van der Waals surface area contributed by atoms with Crippen molar-refractivity contribution >= 4 is 0 Å². The van der Waals surface area contributed by atoms with Crippen LogP contribution in [0.5, 0.6) is 0 Å². The molecule has 0 radical (unpaired) electrons. The molecule has 5 unspecified atom stereocenters. The fourth-order valence-corrected chi connectivity index (χ4v) is 3.76. The highest BCUT2D eigenvalue weighted by atomic mass is 15.4. The summed E-state index contributed by atoms with van der Waals surface area (Å²) in [6.07, 6.45) is 6.02. The highest BCUT2D eigenvalue weighted by Gasteiger charge is 2.70. The van der Waals surface area contributed by atoms with E-state index in [1.807, 2.05) is 13.8 Å². The number of likely N-dealkylation sites (tertiary alicyclic amines) is 1. The Morgan fingerprint density at radius 2 is 1.58 bits per heavy atom. The minimum Gasteiger partial charge on any atom is -0.328 e. The van der Waals surface area contributed by atoms with Crippen molar-refractivity contribution < 1.29 is 0 Å². The van der Waals surface area contributed by atoms with Gasteiger partial charge in [0.25, 0.3) is 0 Å². The molecule has 3 fully saturated rings. The molecule has 1 spiro atoms. The van der Waals surface area contributed by atoms with E-state index in [0.29, 0.717) is 6.04 Å². The molecule has 3 rings (SSSR count). The van der Waals surface area contributed by atoms with Gasteiger partial charge in [0.1, 0.15) is 0 Å². The molecular weight excluding hydrogens is 232 g/mol. The van der Waals surface area contributed by atoms with Gasteiger partial charge in [-0.05, 0) is 56.5 Å². The van der Waals surface area contributed by atoms with Crippen molar-refractivity contribution in [3.63, 3.8) is 0 Å². The van der Waals surface area contributed by atoms with E-state index >= 15 is 0 Å². The van der Waals surface area contributed by atoms with E-state index in [2.05, 4.69) is 39.6 Å². The van der Waals surface area contributed by atoms with E-state index in [4.69, 9.17) is 5.73 Å². The van der Waals surface area contributed by atoms with Crippen LogP contribution in [0.2, 0.25) is 0 Å². The van der Waals surface area contributed by atoms with E-state index in [-0.39, 0.29) is 0 Å². The Morgan fingerprint density at radius 1 is 1.11 bits per heavy atom. The second kappa shape index (κ2) is 6.58. The minimum atomic E-state index is 0.333. The van der Waals surface area contributed by atoms with Crippen molar-refractivity contribution in [2.45, 2.75) is 84.8 Å². The van der Waals surface area contributed by atoms with Crippen LogP contribution in [0.25, 0.3) is 0 Å². The van der Waals surface area contributed by atoms with Gasteiger partial charge in [0, 0.05) is 11.6 Å². The molecule has 2 N–H and O–H groups in total. The summed E-state index contributed by atoms with van der Waals surface area (Å²) < 4.78 is 0. The molecule has 3 aliphatic rings. The molecule has 19 heavy (non-hydrogen) atoms. The summed E-state index contributed by atoms with van der Waals surface area (Å²) in [6.45, 7) is 12.8. The van der Waals surface area contributed by atoms with E-state index in [9.17, 15) is 0 Å². The fourth-order valence-electron chi connectivity index (χ4n) is 3.76. The summed E-state index contributed by atoms with van der Waals surface area (Å²) in [5.41, 5.74) is 5.87. The van der Waals surface area contributed by atoms with Crippen LogP contribution in [-0.4, -0.2) is 29.6 Å². The van der Waals surface area contributed by atoms with Gasteiger partial charge in [0.2, 0.25) is 0 Å². The van der Waals surface area contributed by atoms with Crippen molar-refractivity contribution in [1.29, 1.82) is 0 Å². The van der Waals surface area contributed by atoms with Crippen LogP contribution in [0.1, 0.15) is 67.2 Å². The molecule has 0 bridgehead atoms. The third-order valence-electron chi connectivity index (χ3n) is 4.55. The van der Waals surface area contributed by atoms with Gasteiger partial charge in [-0.2, -0.15) is 0 Å². The van der Waals surface area contributed by atoms with Crippen LogP contribution < -0.4 is 5.73 Å². The van der Waals surface area contributed by atoms with Gasteiger partial charge in [0.05, 0.1) is 0 Å². The lowest BCUT2D eigenvalue weighted by molar-refractivity contribution is 0.122. The second-order valence-electron chi connectivity index (χ2n) is 7.91. The van der Waals surface area contributed by atoms with E-state index in [0.717, 1.165) is 29.3 Å². The molecule has 2 nitrogen and oxygen atoms in total. The standard InChI is InChI=1S/C10H17N.C4H10.C3H9N/c1-7-5-8-3-4-10(8)9(6-7)11(10)2;1-4(2)3;1-3(2)4/h7-9H,3-6H2,1-2H3;4H,1-3H3;3H,4H2,1-2H3. The summed E-state index contributed by atoms with van der Waals surface area (Å²) >= 11 is 0. The molecule has 0 aromatic carbocycles. The first-order chi connectivity index (χ1) is 8.71. The second-order valence-corrected chi connectivity index (χ2v) is 7.91. The number of hydrogen-bond donors (Lipinski definition) is 1. The average Bonchev–Trinajstić information content (AvgIpc) is 2.79. The van der Waals surface area contributed by atoms with Crippen LogP contribution in [0.3, 0.4) is 0 Å². The molecule has 114 valence electrons. The normalized spacial score (nSPS) is 42.0. The predicted molar refractivity (Wildman–Crippen MR) is 85.2 cm³/mol. The molecule has 2 aliphatic carbocycles. The smallest absolute Gasteiger partial charge is 0.0393 e. The average molecular weight is 268 g/mol. The van der Waals surface area contributed by atoms with Gasteiger partial charge < -0.3 is 5.73 Å². The third-order valence-corrected chi connectivity index (χ3v) is 4.55. The van der Waals surface area contributed by atoms with Crippen molar-refractivity contribution in [2.24, 2.45) is 23.5 Å². The van der Waals surface area contributed by atoms with E-state index in [1.165, 1.54) is 25.7 Å². The van der Waals surface area contributed by atoms with Crippen LogP contribution in [-0.2, 0) is 0 Å². The highest BCUT2D eigenvalue weighted by molar-refractivity contribution is 5.26. The van der Waals surface area contributed by atoms with Gasteiger partial charge in [-0.25, -0.2) is 0 Å². The van der Waals surface area contributed by atoms with Gasteiger partial charge in [0.15, 0.2) is 0 Å². The Balaban J connectivity index is 0.000000192. The Bertz CT molecular complexity index is 253. The molecule has 2 heteroatoms. The Morgan fingerprint density at radius 3 is 1.89 bits per heavy atom. The molecule has 0 aromatic heterocycles. The van der Waals surface area contributed by atoms with E-state index < -0.39 is 0 Å². The fraction of sp³-hybridized carbons (Fsp3) is 1.00. The molecule has 1 saturated heterocycles. The summed E-state index contributed by atoms with van der Waals surface area (Å²) in [5.74, 6) is 2.92. The first-order valence-corrected chi connectivity index (χ1v) is 8.20. The molecular formula is C17H36N2. The highest BCUT2D eigenvalue weighted by Crippen LogP contribution is 2.64. The number of nitrogens with zero attached hydrogens (tertiary/aromatic N) is 1. The molecule has 0 aromatic rings. The summed E-state index contributed by atoms with van der Waals surface area (Å²) in [5, 5.41) is 0. The molecule has 5 atom stereocenters. The van der Waals surface area contributed by atoms with Gasteiger partial charge >= 0.3 is 0 Å². The van der Waals surface area contributed by atoms with Gasteiger partial charge in [-0.3, -0.25) is 4.90 Å². The van der Waals surface area contributed by atoms with Crippen LogP contribution in [0, 0.1) is 17.8 Å². The summed E-state index contributed by atoms with van der Waals surface area (Å²) in [4.78, 5) is 2.64. The maximum Gasteiger partial charge on any atom is 0.0393 e. The monoisotopic (exact) mass is 268 g/mol. The quantitative estimate of drug-likeness (QED) is 0.675. The van der Waals surface area contributed by atoms with Crippen molar-refractivity contribution in [2.75, 3.05) is 7.05 Å². The maximum absolute atomic E-state index is 5.11. The van der Waals surface area contributed by atoms with Crippen LogP contribution in [0.15, 0.2) is 0 Å². The lowest BCUT2D eigenvalue weighted by atomic mass is 9.62. The zero-order valence-electron chi connectivity index (χ0n) is 14.2. The first-order valence-electron chi connectivity index (χ1n) is 8.20. The maximum atomic E-state index is 5.11. The van der Waals surface area contributed by atoms with E-state index in [1.54, 1.807) is 0 Å². The Labute approximate surface area is 121 Å². The minimum absolute atomic E-state index is 0.333. The lowest BCUT2D eigenvalue weighted by Crippen LogP contribution is -2.43. The number of hydrogen-bond acceptors (Lipinski definition) is 2. The number of likely N-dealkylation sites (N-methyl/N-ethyl adjacent to an activating group) is 1. The van der Waals surface area contributed by atoms with Crippen LogP contribution in [0.4, 0.5) is 0 Å². The number of nitrogens with two attached hydrogens (primary N) is 1. The summed E-state index contributed by atoms with van der Waals surface area (Å²) in [7, 11) is 2.33. The molecule has 2 saturated carbocycles. The third kappa shape index (κ3) is 3.95. The predicted octanol–water partition coefficient (Wildman–Crippen LogP) is 3.89. The van der Waals surface area contributed by atoms with Gasteiger partial charge in [-0.15, -0.1) is 0 Å². The van der Waals surface area contributed by atoms with Crippen molar-refractivity contribution in [3.05, 3.63) is 0 Å². The first kappa shape index (κ1) is 17.0. The van der Waals surface area contributed by atoms with Crippen molar-refractivity contribution in [3.8, 4) is 0 Å². The molecule has 0 amide bonds. The zero-order chi connectivity index (χ0) is 14.8. The Hall–Kier alpha value is -0.0800. The number of rotatable bonds is 0. The largest absolute Gasteiger partial charge is 0.328 e. The van der Waals surface area contributed by atoms with Gasteiger partial charge in [-0.1, -0.05) is 41.5 Å².